The normalized spacial score (nSPS) is 5.43. The van der Waals surface area contributed by atoms with Crippen LogP contribution in [0.15, 0.2) is 36.9 Å². The Hall–Kier alpha value is -0.536. The van der Waals surface area contributed by atoms with E-state index in [-0.39, 0.29) is 21.7 Å². The largest absolute Gasteiger partial charge is 2.00 e. The van der Waals surface area contributed by atoms with Gasteiger partial charge in [-0.1, -0.05) is 6.07 Å². The van der Waals surface area contributed by atoms with Crippen LogP contribution >= 0.6 is 0 Å². The van der Waals surface area contributed by atoms with Gasteiger partial charge in [-0.3, -0.25) is 6.58 Å². The Morgan fingerprint density at radius 2 is 1.29 bits per heavy atom. The van der Waals surface area contributed by atoms with Crippen molar-refractivity contribution in [1.82, 2.24) is 0 Å². The summed E-state index contributed by atoms with van der Waals surface area (Å²) < 4.78 is 0. The van der Waals surface area contributed by atoms with Crippen LogP contribution in [-0.4, -0.2) is 24.4 Å². The molecule has 0 amide bonds. The molecule has 0 aliphatic heterocycles. The first-order valence-corrected chi connectivity index (χ1v) is 3.57. The molecule has 3 heteroatoms. The molecule has 0 aliphatic carbocycles. The van der Waals surface area contributed by atoms with Crippen molar-refractivity contribution < 1.29 is 31.9 Å². The molecule has 0 radical (unpaired) electrons. The molecule has 0 aliphatic rings. The molecule has 1 aromatic carbocycles. The van der Waals surface area contributed by atoms with Gasteiger partial charge in [0, 0.05) is 14.2 Å². The molecular weight excluding hydrogens is 212 g/mol. The second kappa shape index (κ2) is 29.4. The van der Waals surface area contributed by atoms with Gasteiger partial charge in [-0.15, -0.1) is 12.1 Å². The fraction of sp³-hybridized carbons (Fsp3) is 0.182. The van der Waals surface area contributed by atoms with Crippen LogP contribution in [0, 0.1) is 13.5 Å². The molecule has 0 aromatic heterocycles. The zero-order chi connectivity index (χ0) is 11.1. The van der Waals surface area contributed by atoms with Gasteiger partial charge in [-0.25, -0.2) is 0 Å². The van der Waals surface area contributed by atoms with Crippen LogP contribution < -0.4 is 0 Å². The molecular formula is C11H18O2Ti. The summed E-state index contributed by atoms with van der Waals surface area (Å²) in [6.45, 7) is 10.7. The van der Waals surface area contributed by atoms with Crippen LogP contribution in [-0.2, 0) is 21.7 Å². The average Bonchev–Trinajstić information content (AvgIpc) is 2.28. The van der Waals surface area contributed by atoms with Gasteiger partial charge in [0.2, 0.25) is 0 Å². The number of hydrogen-bond acceptors (Lipinski definition) is 2. The Morgan fingerprint density at radius 3 is 1.43 bits per heavy atom. The minimum Gasteiger partial charge on any atom is -0.521 e. The number of rotatable bonds is 0. The van der Waals surface area contributed by atoms with Crippen molar-refractivity contribution in [2.45, 2.75) is 0 Å². The Balaban J connectivity index is -0.0000000625. The summed E-state index contributed by atoms with van der Waals surface area (Å²) in [6.07, 6.45) is 0. The average molecular weight is 230 g/mol. The van der Waals surface area contributed by atoms with E-state index in [1.807, 2.05) is 30.3 Å². The minimum atomic E-state index is 0. The number of benzene rings is 1. The summed E-state index contributed by atoms with van der Waals surface area (Å²) in [4.78, 5) is 0. The molecule has 1 rings (SSSR count). The molecule has 0 heterocycles. The van der Waals surface area contributed by atoms with Crippen LogP contribution in [0.3, 0.4) is 0 Å². The van der Waals surface area contributed by atoms with Gasteiger partial charge in [0.05, 0.1) is 0 Å². The molecule has 0 saturated carbocycles. The zero-order valence-corrected chi connectivity index (χ0v) is 10.3. The standard InChI is InChI=1S/C7H7.C2H3.2CH4O.Ti/c1-7-5-3-2-4-6-7;3*1-2;/h2-6H,1H2;1H,2H2;2*2H,1H3;/q2*-1;;;+2. The third-order valence-electron chi connectivity index (χ3n) is 0.843. The van der Waals surface area contributed by atoms with E-state index in [2.05, 4.69) is 20.1 Å². The molecule has 0 atom stereocenters. The number of hydrogen-bond donors (Lipinski definition) is 2. The van der Waals surface area contributed by atoms with Crippen LogP contribution in [0.25, 0.3) is 0 Å². The van der Waals surface area contributed by atoms with Crippen molar-refractivity contribution in [3.63, 3.8) is 0 Å². The summed E-state index contributed by atoms with van der Waals surface area (Å²) in [6, 6.07) is 9.87. The molecule has 0 saturated heterocycles. The maximum Gasteiger partial charge on any atom is 2.00 e. The summed E-state index contributed by atoms with van der Waals surface area (Å²) in [5.41, 5.74) is 1.07. The summed E-state index contributed by atoms with van der Waals surface area (Å²) in [5, 5.41) is 14.0. The van der Waals surface area contributed by atoms with Crippen molar-refractivity contribution >= 4 is 0 Å². The Labute approximate surface area is 102 Å². The van der Waals surface area contributed by atoms with E-state index >= 15 is 0 Å². The molecule has 14 heavy (non-hydrogen) atoms. The predicted molar refractivity (Wildman–Crippen MR) is 57.1 cm³/mol. The SMILES string of the molecule is CO.CO.[CH-]=C.[CH2-]c1ccccc1.[Ti+2]. The first-order valence-electron chi connectivity index (χ1n) is 3.57. The first-order chi connectivity index (χ1) is 6.39. The van der Waals surface area contributed by atoms with E-state index in [4.69, 9.17) is 10.2 Å². The summed E-state index contributed by atoms with van der Waals surface area (Å²) in [5.74, 6) is 0. The van der Waals surface area contributed by atoms with Crippen molar-refractivity contribution in [2.75, 3.05) is 14.2 Å². The maximum atomic E-state index is 7.00. The van der Waals surface area contributed by atoms with Gasteiger partial charge < -0.3 is 16.8 Å². The summed E-state index contributed by atoms with van der Waals surface area (Å²) >= 11 is 0. The van der Waals surface area contributed by atoms with Crippen molar-refractivity contribution in [2.24, 2.45) is 0 Å². The molecule has 0 spiro atoms. The van der Waals surface area contributed by atoms with Crippen molar-refractivity contribution in [3.8, 4) is 0 Å². The second-order valence-electron chi connectivity index (χ2n) is 1.49. The first kappa shape index (κ1) is 23.4. The van der Waals surface area contributed by atoms with Crippen LogP contribution in [0.2, 0.25) is 0 Å². The van der Waals surface area contributed by atoms with Crippen molar-refractivity contribution in [1.29, 1.82) is 0 Å². The molecule has 1 aromatic rings. The molecule has 0 unspecified atom stereocenters. The van der Waals surface area contributed by atoms with Gasteiger partial charge >= 0.3 is 21.7 Å². The molecule has 2 N–H and O–H groups in total. The minimum absolute atomic E-state index is 0. The Kier molecular flexibility index (Phi) is 49.0. The number of aliphatic hydroxyl groups excluding tert-OH is 2. The second-order valence-corrected chi connectivity index (χ2v) is 1.49. The van der Waals surface area contributed by atoms with Gasteiger partial charge in [0.15, 0.2) is 0 Å². The van der Waals surface area contributed by atoms with E-state index in [9.17, 15) is 0 Å². The van der Waals surface area contributed by atoms with Crippen LogP contribution in [0.5, 0.6) is 0 Å². The van der Waals surface area contributed by atoms with E-state index < -0.39 is 0 Å². The third kappa shape index (κ3) is 22.5. The van der Waals surface area contributed by atoms with Crippen LogP contribution in [0.4, 0.5) is 0 Å². The van der Waals surface area contributed by atoms with Crippen molar-refractivity contribution in [3.05, 3.63) is 56.0 Å². The quantitative estimate of drug-likeness (QED) is 0.526. The summed E-state index contributed by atoms with van der Waals surface area (Å²) in [7, 11) is 2.00. The third-order valence-corrected chi connectivity index (χ3v) is 0.843. The molecule has 0 fully saturated rings. The van der Waals surface area contributed by atoms with E-state index in [1.165, 1.54) is 0 Å². The fourth-order valence-electron chi connectivity index (χ4n) is 0.478. The molecule has 2 nitrogen and oxygen atoms in total. The zero-order valence-electron chi connectivity index (χ0n) is 8.77. The van der Waals surface area contributed by atoms with Gasteiger partial charge in [0.1, 0.15) is 0 Å². The fourth-order valence-corrected chi connectivity index (χ4v) is 0.478. The van der Waals surface area contributed by atoms with Gasteiger partial charge in [-0.2, -0.15) is 24.6 Å². The predicted octanol–water partition coefficient (Wildman–Crippen LogP) is 1.69. The van der Waals surface area contributed by atoms with Gasteiger partial charge in [-0.05, 0) is 0 Å². The van der Waals surface area contributed by atoms with E-state index in [1.54, 1.807) is 0 Å². The topological polar surface area (TPSA) is 40.5 Å². The maximum absolute atomic E-state index is 7.00. The van der Waals surface area contributed by atoms with E-state index in [0.717, 1.165) is 19.8 Å². The smallest absolute Gasteiger partial charge is 0.521 e. The molecule has 0 bridgehead atoms. The van der Waals surface area contributed by atoms with Gasteiger partial charge in [0.25, 0.3) is 0 Å². The Morgan fingerprint density at radius 1 is 1.00 bits per heavy atom. The Bertz CT molecular complexity index is 155. The number of aliphatic hydroxyl groups is 2. The monoisotopic (exact) mass is 230 g/mol. The van der Waals surface area contributed by atoms with E-state index in [0.29, 0.717) is 0 Å². The van der Waals surface area contributed by atoms with Crippen LogP contribution in [0.1, 0.15) is 5.56 Å². The molecule has 78 valence electrons.